The van der Waals surface area contributed by atoms with E-state index in [2.05, 4.69) is 25.2 Å². The summed E-state index contributed by atoms with van der Waals surface area (Å²) < 4.78 is 4.66. The summed E-state index contributed by atoms with van der Waals surface area (Å²) in [5, 5.41) is 11.8. The number of aromatic nitrogens is 2. The highest BCUT2D eigenvalue weighted by molar-refractivity contribution is 5.86. The van der Waals surface area contributed by atoms with Crippen molar-refractivity contribution in [2.45, 2.75) is 44.2 Å². The van der Waals surface area contributed by atoms with E-state index in [1.807, 2.05) is 6.07 Å². The summed E-state index contributed by atoms with van der Waals surface area (Å²) in [5.74, 6) is 0.419. The predicted octanol–water partition coefficient (Wildman–Crippen LogP) is 1.37. The molecule has 0 radical (unpaired) electrons. The molecular formula is C15H22N4O2. The largest absolute Gasteiger partial charge is 0.464 e. The van der Waals surface area contributed by atoms with Crippen LogP contribution < -0.4 is 10.2 Å². The fraction of sp³-hybridized carbons (Fsp3) is 0.667. The molecule has 1 aromatic heterocycles. The Bertz CT molecular complexity index is 485. The number of hydrogen-bond donors (Lipinski definition) is 1. The van der Waals surface area contributed by atoms with E-state index < -0.39 is 5.97 Å². The second kappa shape index (κ2) is 6.39. The van der Waals surface area contributed by atoms with Crippen molar-refractivity contribution in [1.82, 2.24) is 15.5 Å². The molecule has 0 amide bonds. The number of nitrogens with one attached hydrogen (secondary N) is 1. The summed E-state index contributed by atoms with van der Waals surface area (Å²) >= 11 is 0. The van der Waals surface area contributed by atoms with Crippen molar-refractivity contribution in [3.05, 3.63) is 17.8 Å². The number of carbonyl (C=O) groups excluding carboxylic acids is 1. The number of hydrogen-bond acceptors (Lipinski definition) is 6. The Morgan fingerprint density at radius 1 is 1.29 bits per heavy atom. The molecule has 0 aromatic carbocycles. The van der Waals surface area contributed by atoms with Crippen molar-refractivity contribution < 1.29 is 9.53 Å². The second-order valence-corrected chi connectivity index (χ2v) is 5.73. The zero-order chi connectivity index (χ0) is 14.7. The Balaban J connectivity index is 1.77. The monoisotopic (exact) mass is 290 g/mol. The number of ether oxygens (including phenoxy) is 1. The molecule has 1 N–H and O–H groups in total. The van der Waals surface area contributed by atoms with Crippen molar-refractivity contribution in [3.63, 3.8) is 0 Å². The van der Waals surface area contributed by atoms with Gasteiger partial charge < -0.3 is 15.0 Å². The van der Waals surface area contributed by atoms with Gasteiger partial charge in [-0.25, -0.2) is 4.79 Å². The maximum absolute atomic E-state index is 11.4. The summed E-state index contributed by atoms with van der Waals surface area (Å²) in [7, 11) is 1.35. The van der Waals surface area contributed by atoms with Gasteiger partial charge in [-0.1, -0.05) is 0 Å². The van der Waals surface area contributed by atoms with Crippen LogP contribution in [-0.2, 0) is 4.74 Å². The standard InChI is InChI=1S/C15H22N4O2/c1-21-15(20)12-7-8-14(18-17-12)19-10-3-2-6-13(19)11-5-4-9-16-11/h7-8,11,13,16H,2-6,9-10H2,1H3. The minimum Gasteiger partial charge on any atom is -0.464 e. The van der Waals surface area contributed by atoms with Crippen LogP contribution in [0.4, 0.5) is 5.82 Å². The molecule has 0 bridgehead atoms. The highest BCUT2D eigenvalue weighted by Gasteiger charge is 2.32. The van der Waals surface area contributed by atoms with Crippen LogP contribution in [0.2, 0.25) is 0 Å². The smallest absolute Gasteiger partial charge is 0.358 e. The lowest BCUT2D eigenvalue weighted by Gasteiger charge is -2.39. The molecule has 2 unspecified atom stereocenters. The summed E-state index contributed by atoms with van der Waals surface area (Å²) in [5.41, 5.74) is 0.258. The maximum Gasteiger partial charge on any atom is 0.358 e. The van der Waals surface area contributed by atoms with Crippen molar-refractivity contribution in [3.8, 4) is 0 Å². The average molecular weight is 290 g/mol. The number of rotatable bonds is 3. The van der Waals surface area contributed by atoms with Crippen LogP contribution in [-0.4, -0.2) is 48.4 Å². The molecule has 6 nitrogen and oxygen atoms in total. The molecule has 21 heavy (non-hydrogen) atoms. The van der Waals surface area contributed by atoms with E-state index in [0.717, 1.165) is 18.9 Å². The maximum atomic E-state index is 11.4. The number of carbonyl (C=O) groups is 1. The van der Waals surface area contributed by atoms with E-state index in [-0.39, 0.29) is 5.69 Å². The number of nitrogens with zero attached hydrogens (tertiary/aromatic N) is 3. The molecule has 2 fully saturated rings. The number of anilines is 1. The van der Waals surface area contributed by atoms with Gasteiger partial charge in [-0.3, -0.25) is 0 Å². The van der Waals surface area contributed by atoms with Crippen molar-refractivity contribution >= 4 is 11.8 Å². The van der Waals surface area contributed by atoms with Gasteiger partial charge in [-0.2, -0.15) is 0 Å². The second-order valence-electron chi connectivity index (χ2n) is 5.73. The van der Waals surface area contributed by atoms with Crippen LogP contribution in [0.3, 0.4) is 0 Å². The quantitative estimate of drug-likeness (QED) is 0.848. The third kappa shape index (κ3) is 3.00. The van der Waals surface area contributed by atoms with Gasteiger partial charge in [0.25, 0.3) is 0 Å². The lowest BCUT2D eigenvalue weighted by atomic mass is 9.94. The molecule has 2 aliphatic heterocycles. The van der Waals surface area contributed by atoms with Crippen molar-refractivity contribution in [2.24, 2.45) is 0 Å². The zero-order valence-electron chi connectivity index (χ0n) is 12.4. The Labute approximate surface area is 124 Å². The van der Waals surface area contributed by atoms with Crippen LogP contribution in [0.1, 0.15) is 42.6 Å². The van der Waals surface area contributed by atoms with Gasteiger partial charge in [0, 0.05) is 18.6 Å². The fourth-order valence-electron chi connectivity index (χ4n) is 3.39. The Kier molecular flexibility index (Phi) is 4.34. The summed E-state index contributed by atoms with van der Waals surface area (Å²) in [6.45, 7) is 2.12. The van der Waals surface area contributed by atoms with Crippen LogP contribution >= 0.6 is 0 Å². The zero-order valence-corrected chi connectivity index (χ0v) is 12.4. The van der Waals surface area contributed by atoms with Gasteiger partial charge >= 0.3 is 5.97 Å². The van der Waals surface area contributed by atoms with Gasteiger partial charge in [0.1, 0.15) is 0 Å². The Morgan fingerprint density at radius 3 is 2.86 bits per heavy atom. The topological polar surface area (TPSA) is 67.3 Å². The van der Waals surface area contributed by atoms with Crippen LogP contribution in [0.5, 0.6) is 0 Å². The summed E-state index contributed by atoms with van der Waals surface area (Å²) in [6, 6.07) is 4.61. The van der Waals surface area contributed by atoms with E-state index in [1.54, 1.807) is 6.07 Å². The van der Waals surface area contributed by atoms with Gasteiger partial charge in [-0.05, 0) is 50.8 Å². The van der Waals surface area contributed by atoms with E-state index in [4.69, 9.17) is 0 Å². The summed E-state index contributed by atoms with van der Waals surface area (Å²) in [6.07, 6.45) is 6.13. The highest BCUT2D eigenvalue weighted by atomic mass is 16.5. The molecule has 114 valence electrons. The first-order valence-electron chi connectivity index (χ1n) is 7.71. The first-order valence-corrected chi connectivity index (χ1v) is 7.71. The van der Waals surface area contributed by atoms with E-state index in [1.165, 1.54) is 39.2 Å². The average Bonchev–Trinajstić information content (AvgIpc) is 3.08. The first-order chi connectivity index (χ1) is 10.3. The molecular weight excluding hydrogens is 268 g/mol. The summed E-state index contributed by atoms with van der Waals surface area (Å²) in [4.78, 5) is 13.8. The molecule has 0 spiro atoms. The SMILES string of the molecule is COC(=O)c1ccc(N2CCCCC2C2CCCN2)nn1. The molecule has 1 aromatic rings. The molecule has 0 saturated carbocycles. The fourth-order valence-corrected chi connectivity index (χ4v) is 3.39. The molecule has 2 saturated heterocycles. The van der Waals surface area contributed by atoms with Gasteiger partial charge in [0.2, 0.25) is 0 Å². The third-order valence-corrected chi connectivity index (χ3v) is 4.45. The molecule has 2 atom stereocenters. The first kappa shape index (κ1) is 14.3. The van der Waals surface area contributed by atoms with Crippen LogP contribution in [0, 0.1) is 0 Å². The number of piperidine rings is 1. The lowest BCUT2D eigenvalue weighted by molar-refractivity contribution is 0.0592. The molecule has 0 aliphatic carbocycles. The Hall–Kier alpha value is -1.69. The van der Waals surface area contributed by atoms with Crippen LogP contribution in [0.25, 0.3) is 0 Å². The number of methoxy groups -OCH3 is 1. The molecule has 2 aliphatic rings. The highest BCUT2D eigenvalue weighted by Crippen LogP contribution is 2.27. The normalized spacial score (nSPS) is 25.9. The third-order valence-electron chi connectivity index (χ3n) is 4.45. The minimum atomic E-state index is -0.443. The molecule has 3 rings (SSSR count). The van der Waals surface area contributed by atoms with E-state index in [0.29, 0.717) is 12.1 Å². The molecule has 6 heteroatoms. The van der Waals surface area contributed by atoms with Crippen molar-refractivity contribution in [1.29, 1.82) is 0 Å². The lowest BCUT2D eigenvalue weighted by Crippen LogP contribution is -2.50. The van der Waals surface area contributed by atoms with E-state index in [9.17, 15) is 4.79 Å². The predicted molar refractivity (Wildman–Crippen MR) is 79.4 cm³/mol. The van der Waals surface area contributed by atoms with Crippen LogP contribution in [0.15, 0.2) is 12.1 Å². The van der Waals surface area contributed by atoms with E-state index >= 15 is 0 Å². The van der Waals surface area contributed by atoms with Gasteiger partial charge in [0.05, 0.1) is 7.11 Å². The van der Waals surface area contributed by atoms with Gasteiger partial charge in [-0.15, -0.1) is 10.2 Å². The number of esters is 1. The Morgan fingerprint density at radius 2 is 2.19 bits per heavy atom. The minimum absolute atomic E-state index is 0.258. The van der Waals surface area contributed by atoms with Crippen molar-refractivity contribution in [2.75, 3.05) is 25.1 Å². The van der Waals surface area contributed by atoms with Gasteiger partial charge in [0.15, 0.2) is 11.5 Å². The molecule has 3 heterocycles.